The molecule has 27 heavy (non-hydrogen) atoms. The summed E-state index contributed by atoms with van der Waals surface area (Å²) in [6.45, 7) is 2.77. The van der Waals surface area contributed by atoms with Gasteiger partial charge >= 0.3 is 0 Å². The van der Waals surface area contributed by atoms with E-state index in [2.05, 4.69) is 5.10 Å². The average molecular weight is 370 g/mol. The van der Waals surface area contributed by atoms with Crippen molar-refractivity contribution >= 4 is 17.6 Å². The van der Waals surface area contributed by atoms with Crippen molar-refractivity contribution in [3.63, 3.8) is 0 Å². The Morgan fingerprint density at radius 3 is 2.63 bits per heavy atom. The van der Waals surface area contributed by atoms with Crippen LogP contribution in [-0.4, -0.2) is 66.5 Å². The highest BCUT2D eigenvalue weighted by atomic mass is 16.5. The van der Waals surface area contributed by atoms with Crippen molar-refractivity contribution in [1.29, 1.82) is 0 Å². The predicted octanol–water partition coefficient (Wildman–Crippen LogP) is 1.15. The van der Waals surface area contributed by atoms with Crippen LogP contribution in [0.5, 0.6) is 5.75 Å². The summed E-state index contributed by atoms with van der Waals surface area (Å²) in [4.78, 5) is 28.4. The van der Waals surface area contributed by atoms with Gasteiger partial charge in [-0.15, -0.1) is 0 Å². The van der Waals surface area contributed by atoms with Gasteiger partial charge in [0.25, 0.3) is 0 Å². The SMILES string of the molecule is COc1ccc(-c2cc3n(n2)CCC(=O)N3CC(=O)N2CCOCC2)cc1. The number of aromatic nitrogens is 2. The molecule has 3 heterocycles. The van der Waals surface area contributed by atoms with E-state index in [0.29, 0.717) is 45.1 Å². The molecular formula is C19H22N4O4. The number of carbonyl (C=O) groups excluding carboxylic acids is 2. The number of aryl methyl sites for hydroxylation is 1. The molecule has 1 aromatic carbocycles. The summed E-state index contributed by atoms with van der Waals surface area (Å²) in [5.41, 5.74) is 1.70. The summed E-state index contributed by atoms with van der Waals surface area (Å²) < 4.78 is 12.3. The molecule has 0 bridgehead atoms. The third-order valence-corrected chi connectivity index (χ3v) is 4.92. The minimum atomic E-state index is -0.0627. The first-order valence-electron chi connectivity index (χ1n) is 9.04. The number of morpholine rings is 1. The highest BCUT2D eigenvalue weighted by Crippen LogP contribution is 2.29. The molecular weight excluding hydrogens is 348 g/mol. The number of amides is 2. The van der Waals surface area contributed by atoms with Gasteiger partial charge in [-0.25, -0.2) is 4.68 Å². The number of benzene rings is 1. The Morgan fingerprint density at radius 1 is 1.19 bits per heavy atom. The lowest BCUT2D eigenvalue weighted by molar-refractivity contribution is -0.135. The Hall–Kier alpha value is -2.87. The molecule has 0 aliphatic carbocycles. The van der Waals surface area contributed by atoms with Crippen LogP contribution in [0, 0.1) is 0 Å². The van der Waals surface area contributed by atoms with Gasteiger partial charge in [0.15, 0.2) is 0 Å². The van der Waals surface area contributed by atoms with Gasteiger partial charge in [0.2, 0.25) is 11.8 Å². The first-order valence-corrected chi connectivity index (χ1v) is 9.04. The lowest BCUT2D eigenvalue weighted by Gasteiger charge is -2.31. The number of fused-ring (bicyclic) bond motifs is 1. The van der Waals surface area contributed by atoms with Gasteiger partial charge in [0.1, 0.15) is 18.1 Å². The van der Waals surface area contributed by atoms with E-state index in [9.17, 15) is 9.59 Å². The van der Waals surface area contributed by atoms with E-state index < -0.39 is 0 Å². The molecule has 1 saturated heterocycles. The summed E-state index contributed by atoms with van der Waals surface area (Å²) in [6, 6.07) is 9.47. The third kappa shape index (κ3) is 3.52. The zero-order valence-electron chi connectivity index (χ0n) is 15.3. The van der Waals surface area contributed by atoms with E-state index in [-0.39, 0.29) is 18.4 Å². The van der Waals surface area contributed by atoms with Crippen LogP contribution in [0.2, 0.25) is 0 Å². The number of hydrogen-bond donors (Lipinski definition) is 0. The van der Waals surface area contributed by atoms with Crippen molar-refractivity contribution in [3.05, 3.63) is 30.3 Å². The van der Waals surface area contributed by atoms with Crippen LogP contribution in [0.15, 0.2) is 30.3 Å². The van der Waals surface area contributed by atoms with E-state index in [1.165, 1.54) is 0 Å². The average Bonchev–Trinajstić information content (AvgIpc) is 3.15. The van der Waals surface area contributed by atoms with Gasteiger partial charge in [-0.05, 0) is 24.3 Å². The molecule has 142 valence electrons. The number of methoxy groups -OCH3 is 1. The predicted molar refractivity (Wildman–Crippen MR) is 98.6 cm³/mol. The minimum absolute atomic E-state index is 0.0343. The fourth-order valence-corrected chi connectivity index (χ4v) is 3.37. The van der Waals surface area contributed by atoms with Crippen LogP contribution in [0.1, 0.15) is 6.42 Å². The lowest BCUT2D eigenvalue weighted by Crippen LogP contribution is -2.48. The molecule has 0 atom stereocenters. The standard InChI is InChI=1S/C19H22N4O4/c1-26-15-4-2-14(3-5-15)16-12-17-22(18(24)6-7-23(17)20-16)13-19(25)21-8-10-27-11-9-21/h2-5,12H,6-11,13H2,1H3. The monoisotopic (exact) mass is 370 g/mol. The van der Waals surface area contributed by atoms with Gasteiger partial charge in [-0.3, -0.25) is 14.5 Å². The van der Waals surface area contributed by atoms with Gasteiger partial charge in [0, 0.05) is 31.1 Å². The van der Waals surface area contributed by atoms with Crippen molar-refractivity contribution in [2.24, 2.45) is 0 Å². The summed E-state index contributed by atoms with van der Waals surface area (Å²) in [7, 11) is 1.62. The maximum atomic E-state index is 12.6. The number of carbonyl (C=O) groups is 2. The zero-order chi connectivity index (χ0) is 18.8. The molecule has 2 aromatic rings. The largest absolute Gasteiger partial charge is 0.497 e. The molecule has 8 heteroatoms. The molecule has 0 saturated carbocycles. The second-order valence-corrected chi connectivity index (χ2v) is 6.56. The van der Waals surface area contributed by atoms with Gasteiger partial charge in [0.05, 0.1) is 32.6 Å². The summed E-state index contributed by atoms with van der Waals surface area (Å²) in [5.74, 6) is 1.33. The van der Waals surface area contributed by atoms with Crippen LogP contribution in [0.4, 0.5) is 5.82 Å². The Kier molecular flexibility index (Phi) is 4.81. The molecule has 0 N–H and O–H groups in total. The van der Waals surface area contributed by atoms with Crippen LogP contribution in [-0.2, 0) is 20.9 Å². The molecule has 1 aromatic heterocycles. The third-order valence-electron chi connectivity index (χ3n) is 4.92. The fraction of sp³-hybridized carbons (Fsp3) is 0.421. The van der Waals surface area contributed by atoms with E-state index in [4.69, 9.17) is 9.47 Å². The topological polar surface area (TPSA) is 76.9 Å². The number of ether oxygens (including phenoxy) is 2. The van der Waals surface area contributed by atoms with E-state index in [0.717, 1.165) is 17.0 Å². The highest BCUT2D eigenvalue weighted by Gasteiger charge is 2.30. The van der Waals surface area contributed by atoms with Gasteiger partial charge < -0.3 is 14.4 Å². The quantitative estimate of drug-likeness (QED) is 0.807. The molecule has 0 unspecified atom stereocenters. The molecule has 8 nitrogen and oxygen atoms in total. The summed E-state index contributed by atoms with van der Waals surface area (Å²) in [5, 5.41) is 4.62. The second-order valence-electron chi connectivity index (χ2n) is 6.56. The Morgan fingerprint density at radius 2 is 1.93 bits per heavy atom. The smallest absolute Gasteiger partial charge is 0.242 e. The fourth-order valence-electron chi connectivity index (χ4n) is 3.37. The van der Waals surface area contributed by atoms with E-state index in [1.807, 2.05) is 30.3 Å². The van der Waals surface area contributed by atoms with Crippen molar-refractivity contribution in [2.45, 2.75) is 13.0 Å². The Labute approximate surface area is 157 Å². The maximum absolute atomic E-state index is 12.6. The van der Waals surface area contributed by atoms with Gasteiger partial charge in [-0.1, -0.05) is 0 Å². The van der Waals surface area contributed by atoms with Crippen molar-refractivity contribution in [2.75, 3.05) is 44.9 Å². The van der Waals surface area contributed by atoms with Crippen molar-refractivity contribution in [1.82, 2.24) is 14.7 Å². The molecule has 2 aliphatic heterocycles. The highest BCUT2D eigenvalue weighted by molar-refractivity contribution is 5.99. The van der Waals surface area contributed by atoms with Crippen LogP contribution in [0.3, 0.4) is 0 Å². The number of anilines is 1. The molecule has 1 fully saturated rings. The number of hydrogen-bond acceptors (Lipinski definition) is 5. The molecule has 4 rings (SSSR count). The normalized spacial score (nSPS) is 17.0. The summed E-state index contributed by atoms with van der Waals surface area (Å²) >= 11 is 0. The van der Waals surface area contributed by atoms with Gasteiger partial charge in [-0.2, -0.15) is 5.10 Å². The zero-order valence-corrected chi connectivity index (χ0v) is 15.3. The number of nitrogens with zero attached hydrogens (tertiary/aromatic N) is 4. The van der Waals surface area contributed by atoms with Crippen molar-refractivity contribution < 1.29 is 19.1 Å². The Balaban J connectivity index is 1.57. The molecule has 2 aliphatic rings. The molecule has 0 spiro atoms. The second kappa shape index (κ2) is 7.40. The first kappa shape index (κ1) is 17.5. The van der Waals surface area contributed by atoms with Crippen LogP contribution >= 0.6 is 0 Å². The lowest BCUT2D eigenvalue weighted by atomic mass is 10.1. The van der Waals surface area contributed by atoms with Crippen LogP contribution < -0.4 is 9.64 Å². The number of rotatable bonds is 4. The first-order chi connectivity index (χ1) is 13.2. The maximum Gasteiger partial charge on any atom is 0.242 e. The van der Waals surface area contributed by atoms with Crippen molar-refractivity contribution in [3.8, 4) is 17.0 Å². The Bertz CT molecular complexity index is 840. The van der Waals surface area contributed by atoms with E-state index in [1.54, 1.807) is 21.6 Å². The van der Waals surface area contributed by atoms with E-state index >= 15 is 0 Å². The molecule has 0 radical (unpaired) electrons. The summed E-state index contributed by atoms with van der Waals surface area (Å²) in [6.07, 6.45) is 0.340. The molecule has 2 amide bonds. The van der Waals surface area contributed by atoms with Crippen LogP contribution in [0.25, 0.3) is 11.3 Å². The minimum Gasteiger partial charge on any atom is -0.497 e.